The highest BCUT2D eigenvalue weighted by Crippen LogP contribution is 2.45. The molecule has 2 aromatic rings. The van der Waals surface area contributed by atoms with Crippen LogP contribution in [0.25, 0.3) is 10.8 Å². The van der Waals surface area contributed by atoms with E-state index in [1.54, 1.807) is 24.3 Å². The number of fused-ring (bicyclic) bond motifs is 1. The van der Waals surface area contributed by atoms with Crippen molar-refractivity contribution in [3.8, 4) is 0 Å². The standard InChI is InChI=1S/C16H15F3N2O3/c1-21-12(6-9-4-2-3-5-11(9)14(21)23)13(22)20-10-7-15(24,8-10)16(17,18)19/h2-6,10,24H,7-8H2,1H3,(H,20,22). The first kappa shape index (κ1) is 16.5. The zero-order valence-electron chi connectivity index (χ0n) is 12.7. The van der Waals surface area contributed by atoms with Crippen LogP contribution in [-0.4, -0.2) is 33.4 Å². The van der Waals surface area contributed by atoms with Gasteiger partial charge in [-0.05, 0) is 17.5 Å². The molecule has 128 valence electrons. The van der Waals surface area contributed by atoms with Crippen molar-refractivity contribution in [2.75, 3.05) is 0 Å². The molecule has 1 amide bonds. The molecule has 0 bridgehead atoms. The van der Waals surface area contributed by atoms with Gasteiger partial charge in [0.25, 0.3) is 11.5 Å². The van der Waals surface area contributed by atoms with E-state index in [-0.39, 0.29) is 11.3 Å². The number of carbonyl (C=O) groups excluding carboxylic acids is 1. The summed E-state index contributed by atoms with van der Waals surface area (Å²) in [6, 6.07) is 7.47. The average molecular weight is 340 g/mol. The van der Waals surface area contributed by atoms with Gasteiger partial charge in [0.2, 0.25) is 0 Å². The van der Waals surface area contributed by atoms with Crippen molar-refractivity contribution in [2.45, 2.75) is 30.7 Å². The first-order chi connectivity index (χ1) is 11.1. The fraction of sp³-hybridized carbons (Fsp3) is 0.375. The van der Waals surface area contributed by atoms with Gasteiger partial charge in [0.05, 0.1) is 0 Å². The van der Waals surface area contributed by atoms with Crippen molar-refractivity contribution in [2.24, 2.45) is 7.05 Å². The largest absolute Gasteiger partial charge is 0.417 e. The molecule has 1 aromatic carbocycles. The summed E-state index contributed by atoms with van der Waals surface area (Å²) in [7, 11) is 1.43. The Balaban J connectivity index is 1.81. The molecule has 5 nitrogen and oxygen atoms in total. The molecule has 2 N–H and O–H groups in total. The third-order valence-electron chi connectivity index (χ3n) is 4.41. The van der Waals surface area contributed by atoms with Crippen molar-refractivity contribution < 1.29 is 23.1 Å². The van der Waals surface area contributed by atoms with Gasteiger partial charge in [-0.1, -0.05) is 18.2 Å². The van der Waals surface area contributed by atoms with Gasteiger partial charge in [-0.15, -0.1) is 0 Å². The fourth-order valence-corrected chi connectivity index (χ4v) is 2.92. The Bertz CT molecular complexity index is 867. The Hall–Kier alpha value is -2.35. The maximum atomic E-state index is 12.6. The van der Waals surface area contributed by atoms with E-state index < -0.39 is 36.6 Å². The molecule has 0 saturated heterocycles. The molecule has 1 aliphatic rings. The van der Waals surface area contributed by atoms with E-state index in [0.29, 0.717) is 10.8 Å². The zero-order valence-corrected chi connectivity index (χ0v) is 12.7. The molecule has 0 spiro atoms. The van der Waals surface area contributed by atoms with E-state index >= 15 is 0 Å². The van der Waals surface area contributed by atoms with Crippen LogP contribution in [0.1, 0.15) is 23.3 Å². The Morgan fingerprint density at radius 3 is 2.58 bits per heavy atom. The van der Waals surface area contributed by atoms with Gasteiger partial charge in [-0.25, -0.2) is 0 Å². The molecule has 0 unspecified atom stereocenters. The second-order valence-corrected chi connectivity index (χ2v) is 6.09. The molecule has 1 saturated carbocycles. The van der Waals surface area contributed by atoms with Gasteiger partial charge >= 0.3 is 6.18 Å². The molecule has 1 aromatic heterocycles. The van der Waals surface area contributed by atoms with E-state index in [2.05, 4.69) is 5.32 Å². The SMILES string of the molecule is Cn1c(C(=O)NC2CC(O)(C(F)(F)F)C2)cc2ccccc2c1=O. The third-order valence-corrected chi connectivity index (χ3v) is 4.41. The van der Waals surface area contributed by atoms with Crippen LogP contribution in [0.2, 0.25) is 0 Å². The van der Waals surface area contributed by atoms with E-state index in [1.807, 2.05) is 0 Å². The lowest BCUT2D eigenvalue weighted by Gasteiger charge is -2.44. The number of benzene rings is 1. The fourth-order valence-electron chi connectivity index (χ4n) is 2.92. The number of halogens is 3. The van der Waals surface area contributed by atoms with Crippen LogP contribution in [-0.2, 0) is 7.05 Å². The minimum atomic E-state index is -4.72. The van der Waals surface area contributed by atoms with E-state index in [1.165, 1.54) is 13.1 Å². The van der Waals surface area contributed by atoms with E-state index in [4.69, 9.17) is 0 Å². The number of hydrogen-bond donors (Lipinski definition) is 2. The second-order valence-electron chi connectivity index (χ2n) is 6.09. The summed E-state index contributed by atoms with van der Waals surface area (Å²) in [6.07, 6.45) is -5.91. The number of aliphatic hydroxyl groups is 1. The molecule has 1 aliphatic carbocycles. The quantitative estimate of drug-likeness (QED) is 0.875. The number of aromatic nitrogens is 1. The van der Waals surface area contributed by atoms with Crippen molar-refractivity contribution in [3.63, 3.8) is 0 Å². The average Bonchev–Trinajstić information content (AvgIpc) is 2.48. The maximum absolute atomic E-state index is 12.6. The molecule has 24 heavy (non-hydrogen) atoms. The van der Waals surface area contributed by atoms with Crippen molar-refractivity contribution in [1.29, 1.82) is 0 Å². The normalized spacial score (nSPS) is 23.8. The lowest BCUT2D eigenvalue weighted by Crippen LogP contribution is -2.62. The Morgan fingerprint density at radius 1 is 1.33 bits per heavy atom. The first-order valence-corrected chi connectivity index (χ1v) is 7.31. The topological polar surface area (TPSA) is 71.3 Å². The molecule has 8 heteroatoms. The molecule has 0 atom stereocenters. The van der Waals surface area contributed by atoms with Crippen molar-refractivity contribution >= 4 is 16.7 Å². The van der Waals surface area contributed by atoms with Crippen LogP contribution < -0.4 is 10.9 Å². The highest BCUT2D eigenvalue weighted by molar-refractivity contribution is 5.96. The number of hydrogen-bond acceptors (Lipinski definition) is 3. The lowest BCUT2D eigenvalue weighted by molar-refractivity contribution is -0.291. The van der Waals surface area contributed by atoms with E-state index in [0.717, 1.165) is 4.57 Å². The number of carbonyl (C=O) groups is 1. The molecule has 0 radical (unpaired) electrons. The van der Waals surface area contributed by atoms with Gasteiger partial charge < -0.3 is 15.0 Å². The van der Waals surface area contributed by atoms with Gasteiger partial charge in [-0.2, -0.15) is 13.2 Å². The van der Waals surface area contributed by atoms with E-state index in [9.17, 15) is 27.9 Å². The third kappa shape index (κ3) is 2.56. The van der Waals surface area contributed by atoms with Crippen LogP contribution in [0, 0.1) is 0 Å². The number of pyridine rings is 1. The van der Waals surface area contributed by atoms with Crippen LogP contribution in [0.15, 0.2) is 35.1 Å². The molecule has 0 aliphatic heterocycles. The summed E-state index contributed by atoms with van der Waals surface area (Å²) < 4.78 is 39.0. The van der Waals surface area contributed by atoms with Crippen LogP contribution in [0.5, 0.6) is 0 Å². The molecular formula is C16H15F3N2O3. The lowest BCUT2D eigenvalue weighted by atomic mass is 9.75. The number of nitrogens with one attached hydrogen (secondary N) is 1. The van der Waals surface area contributed by atoms with Crippen LogP contribution in [0.3, 0.4) is 0 Å². The first-order valence-electron chi connectivity index (χ1n) is 7.31. The summed E-state index contributed by atoms with van der Waals surface area (Å²) >= 11 is 0. The predicted octanol–water partition coefficient (Wildman–Crippen LogP) is 1.72. The monoisotopic (exact) mass is 340 g/mol. The molecule has 1 heterocycles. The number of nitrogens with zero attached hydrogens (tertiary/aromatic N) is 1. The highest BCUT2D eigenvalue weighted by atomic mass is 19.4. The minimum Gasteiger partial charge on any atom is -0.380 e. The maximum Gasteiger partial charge on any atom is 0.417 e. The summed E-state index contributed by atoms with van der Waals surface area (Å²) in [4.78, 5) is 24.5. The molecular weight excluding hydrogens is 325 g/mol. The summed E-state index contributed by atoms with van der Waals surface area (Å²) in [5.41, 5.74) is -3.06. The molecule has 1 fully saturated rings. The summed E-state index contributed by atoms with van der Waals surface area (Å²) in [5.74, 6) is -0.644. The van der Waals surface area contributed by atoms with Gasteiger partial charge in [-0.3, -0.25) is 9.59 Å². The highest BCUT2D eigenvalue weighted by Gasteiger charge is 2.61. The van der Waals surface area contributed by atoms with Crippen LogP contribution >= 0.6 is 0 Å². The van der Waals surface area contributed by atoms with Gasteiger partial charge in [0.1, 0.15) is 5.69 Å². The van der Waals surface area contributed by atoms with Crippen LogP contribution in [0.4, 0.5) is 13.2 Å². The predicted molar refractivity (Wildman–Crippen MR) is 80.7 cm³/mol. The van der Waals surface area contributed by atoms with Crippen molar-refractivity contribution in [1.82, 2.24) is 9.88 Å². The molecule has 3 rings (SSSR count). The Labute approximate surface area is 134 Å². The van der Waals surface area contributed by atoms with Crippen molar-refractivity contribution in [3.05, 3.63) is 46.4 Å². The number of alkyl halides is 3. The minimum absolute atomic E-state index is 0.0566. The van der Waals surface area contributed by atoms with Gasteiger partial charge in [0.15, 0.2) is 5.60 Å². The second kappa shape index (κ2) is 5.34. The summed E-state index contributed by atoms with van der Waals surface area (Å²) in [6.45, 7) is 0. The smallest absolute Gasteiger partial charge is 0.380 e. The Kier molecular flexibility index (Phi) is 3.67. The zero-order chi connectivity index (χ0) is 17.7. The summed E-state index contributed by atoms with van der Waals surface area (Å²) in [5, 5.41) is 12.9. The number of rotatable bonds is 2. The Morgan fingerprint density at radius 2 is 1.96 bits per heavy atom. The number of amides is 1. The van der Waals surface area contributed by atoms with Gasteiger partial charge in [0, 0.05) is 31.3 Å².